The van der Waals surface area contributed by atoms with Crippen LogP contribution in [0, 0.1) is 11.7 Å². The van der Waals surface area contributed by atoms with Gasteiger partial charge >= 0.3 is 0 Å². The summed E-state index contributed by atoms with van der Waals surface area (Å²) < 4.78 is 16.8. The third-order valence-corrected chi connectivity index (χ3v) is 5.43. The predicted molar refractivity (Wildman–Crippen MR) is 134 cm³/mol. The van der Waals surface area contributed by atoms with Crippen molar-refractivity contribution < 1.29 is 14.0 Å². The number of rotatable bonds is 5. The molecule has 1 aromatic carbocycles. The highest BCUT2D eigenvalue weighted by Gasteiger charge is 2.27. The molecule has 2 heterocycles. The maximum absolute atomic E-state index is 14.8. The van der Waals surface area contributed by atoms with Crippen LogP contribution in [0.25, 0.3) is 11.4 Å². The topological polar surface area (TPSA) is 70.5 Å². The maximum Gasteiger partial charge on any atom is 0.272 e. The van der Waals surface area contributed by atoms with E-state index in [0.717, 1.165) is 30.1 Å². The summed E-state index contributed by atoms with van der Waals surface area (Å²) in [6.45, 7) is 12.5. The molecule has 7 nitrogen and oxygen atoms in total. The van der Waals surface area contributed by atoms with Gasteiger partial charge < -0.3 is 19.7 Å². The number of halogens is 1. The van der Waals surface area contributed by atoms with Gasteiger partial charge in [0.1, 0.15) is 11.6 Å². The van der Waals surface area contributed by atoms with Crippen molar-refractivity contribution >= 4 is 11.8 Å². The Morgan fingerprint density at radius 1 is 1.15 bits per heavy atom. The lowest BCUT2D eigenvalue weighted by Crippen LogP contribution is -2.36. The van der Waals surface area contributed by atoms with Crippen molar-refractivity contribution in [2.24, 2.45) is 5.92 Å². The number of hydrogen-bond acceptors (Lipinski definition) is 4. The van der Waals surface area contributed by atoms with Gasteiger partial charge in [-0.3, -0.25) is 9.59 Å². The average molecular weight is 474 g/mol. The van der Waals surface area contributed by atoms with Gasteiger partial charge in [-0.2, -0.15) is 0 Å². The summed E-state index contributed by atoms with van der Waals surface area (Å²) in [5, 5.41) is 2.66. The first-order chi connectivity index (χ1) is 15.9. The summed E-state index contributed by atoms with van der Waals surface area (Å²) in [5.41, 5.74) is 2.40. The third kappa shape index (κ3) is 7.13. The number of fused-ring (bicyclic) bond motifs is 1. The first-order valence-electron chi connectivity index (χ1n) is 12.0. The van der Waals surface area contributed by atoms with E-state index >= 15 is 0 Å². The van der Waals surface area contributed by atoms with E-state index in [-0.39, 0.29) is 29.9 Å². The Bertz CT molecular complexity index is 995. The molecule has 8 heteroatoms. The largest absolute Gasteiger partial charge is 0.347 e. The fraction of sp³-hybridized carbons (Fsp3) is 0.577. The minimum atomic E-state index is -0.420. The van der Waals surface area contributed by atoms with Gasteiger partial charge in [-0.15, -0.1) is 0 Å². The molecule has 0 spiro atoms. The minimum Gasteiger partial charge on any atom is -0.347 e. The van der Waals surface area contributed by atoms with Crippen molar-refractivity contribution in [3.63, 3.8) is 0 Å². The normalized spacial score (nSPS) is 13.7. The Morgan fingerprint density at radius 3 is 2.38 bits per heavy atom. The van der Waals surface area contributed by atoms with Crippen LogP contribution in [0.4, 0.5) is 4.39 Å². The zero-order valence-corrected chi connectivity index (χ0v) is 21.9. The van der Waals surface area contributed by atoms with Crippen molar-refractivity contribution in [2.75, 3.05) is 34.2 Å². The van der Waals surface area contributed by atoms with Crippen LogP contribution in [0.5, 0.6) is 0 Å². The molecule has 0 unspecified atom stereocenters. The molecule has 34 heavy (non-hydrogen) atoms. The SMILES string of the molecule is CC(C)C.CC(C)c1ccc(F)c(-c2nc(C(=O)NCC(=O)N(C)C)c3n2CCCN(C)C3)c1. The molecule has 3 rings (SSSR count). The van der Waals surface area contributed by atoms with Crippen LogP contribution in [0.15, 0.2) is 18.2 Å². The van der Waals surface area contributed by atoms with Gasteiger partial charge in [-0.05, 0) is 49.5 Å². The highest BCUT2D eigenvalue weighted by atomic mass is 19.1. The fourth-order valence-electron chi connectivity index (χ4n) is 3.58. The molecular weight excluding hydrogens is 433 g/mol. The van der Waals surface area contributed by atoms with Crippen LogP contribution in [0.1, 0.15) is 68.7 Å². The van der Waals surface area contributed by atoms with Crippen LogP contribution in [-0.2, 0) is 17.9 Å². The van der Waals surface area contributed by atoms with Gasteiger partial charge in [0.05, 0.1) is 17.8 Å². The number of aromatic nitrogens is 2. The molecule has 2 aromatic rings. The smallest absolute Gasteiger partial charge is 0.272 e. The molecule has 188 valence electrons. The number of amides is 2. The first-order valence-corrected chi connectivity index (χ1v) is 12.0. The van der Waals surface area contributed by atoms with Crippen LogP contribution >= 0.6 is 0 Å². The van der Waals surface area contributed by atoms with Gasteiger partial charge in [-0.1, -0.05) is 40.7 Å². The first kappa shape index (κ1) is 27.5. The molecule has 0 fully saturated rings. The lowest BCUT2D eigenvalue weighted by Gasteiger charge is -2.14. The Labute approximate surface area is 203 Å². The van der Waals surface area contributed by atoms with Gasteiger partial charge in [0.25, 0.3) is 5.91 Å². The molecule has 1 aromatic heterocycles. The molecule has 1 N–H and O–H groups in total. The van der Waals surface area contributed by atoms with E-state index in [1.807, 2.05) is 17.7 Å². The van der Waals surface area contributed by atoms with Crippen molar-refractivity contribution in [2.45, 2.75) is 60.0 Å². The quantitative estimate of drug-likeness (QED) is 0.709. The van der Waals surface area contributed by atoms with Gasteiger partial charge in [-0.25, -0.2) is 9.37 Å². The zero-order valence-electron chi connectivity index (χ0n) is 21.9. The number of hydrogen-bond donors (Lipinski definition) is 1. The lowest BCUT2D eigenvalue weighted by molar-refractivity contribution is -0.127. The molecule has 0 saturated heterocycles. The van der Waals surface area contributed by atoms with Gasteiger partial charge in [0.2, 0.25) is 5.91 Å². The van der Waals surface area contributed by atoms with Crippen molar-refractivity contribution in [1.82, 2.24) is 24.7 Å². The summed E-state index contributed by atoms with van der Waals surface area (Å²) >= 11 is 0. The molecule has 0 radical (unpaired) electrons. The van der Waals surface area contributed by atoms with Crippen LogP contribution in [-0.4, -0.2) is 65.4 Å². The summed E-state index contributed by atoms with van der Waals surface area (Å²) in [4.78, 5) is 32.9. The Hall–Kier alpha value is -2.74. The minimum absolute atomic E-state index is 0.111. The van der Waals surface area contributed by atoms with Crippen LogP contribution in [0.2, 0.25) is 0 Å². The number of benzene rings is 1. The number of nitrogens with zero attached hydrogens (tertiary/aromatic N) is 4. The van der Waals surface area contributed by atoms with Crippen molar-refractivity contribution in [3.8, 4) is 11.4 Å². The number of carbonyl (C=O) groups is 2. The Morgan fingerprint density at radius 2 is 1.79 bits per heavy atom. The molecule has 0 bridgehead atoms. The van der Waals surface area contributed by atoms with E-state index in [2.05, 4.69) is 49.8 Å². The lowest BCUT2D eigenvalue weighted by atomic mass is 10.0. The van der Waals surface area contributed by atoms with E-state index in [0.29, 0.717) is 24.5 Å². The third-order valence-electron chi connectivity index (χ3n) is 5.43. The van der Waals surface area contributed by atoms with E-state index < -0.39 is 5.91 Å². The molecule has 0 aliphatic carbocycles. The van der Waals surface area contributed by atoms with E-state index in [4.69, 9.17) is 0 Å². The summed E-state index contributed by atoms with van der Waals surface area (Å²) in [6.07, 6.45) is 0.874. The molecular formula is C26H40FN5O2. The Balaban J connectivity index is 0.000000945. The molecule has 0 atom stereocenters. The van der Waals surface area contributed by atoms with Crippen LogP contribution < -0.4 is 5.32 Å². The maximum atomic E-state index is 14.8. The number of imidazole rings is 1. The summed E-state index contributed by atoms with van der Waals surface area (Å²) in [5.74, 6) is 0.551. The second kappa shape index (κ2) is 12.1. The number of carbonyl (C=O) groups excluding carboxylic acids is 2. The van der Waals surface area contributed by atoms with E-state index in [1.54, 1.807) is 20.2 Å². The van der Waals surface area contributed by atoms with E-state index in [1.165, 1.54) is 11.0 Å². The van der Waals surface area contributed by atoms with Crippen molar-refractivity contribution in [1.29, 1.82) is 0 Å². The fourth-order valence-corrected chi connectivity index (χ4v) is 3.58. The van der Waals surface area contributed by atoms with Gasteiger partial charge in [0, 0.05) is 27.2 Å². The average Bonchev–Trinajstić information content (AvgIpc) is 2.97. The van der Waals surface area contributed by atoms with E-state index in [9.17, 15) is 14.0 Å². The number of likely N-dealkylation sites (N-methyl/N-ethyl adjacent to an activating group) is 1. The number of nitrogens with one attached hydrogen (secondary N) is 1. The van der Waals surface area contributed by atoms with Crippen LogP contribution in [0.3, 0.4) is 0 Å². The zero-order chi connectivity index (χ0) is 25.6. The highest BCUT2D eigenvalue weighted by Crippen LogP contribution is 2.30. The van der Waals surface area contributed by atoms with Crippen molar-refractivity contribution in [3.05, 3.63) is 41.0 Å². The predicted octanol–water partition coefficient (Wildman–Crippen LogP) is 4.13. The Kier molecular flexibility index (Phi) is 9.79. The second-order valence-corrected chi connectivity index (χ2v) is 10.1. The molecule has 1 aliphatic heterocycles. The standard InChI is InChI=1S/C22H30FN5O2.C4H10/c1-14(2)15-7-8-17(23)16(11-15)21-25-20(22(30)24-12-19(29)26(3)4)18-13-27(5)9-6-10-28(18)21;1-4(2)3/h7-8,11,14H,6,9-10,12-13H2,1-5H3,(H,24,30);4H,1-3H3. The summed E-state index contributed by atoms with van der Waals surface area (Å²) in [6, 6.07) is 5.07. The molecule has 2 amide bonds. The summed E-state index contributed by atoms with van der Waals surface area (Å²) in [7, 11) is 5.25. The van der Waals surface area contributed by atoms with Gasteiger partial charge in [0.15, 0.2) is 5.69 Å². The molecule has 1 aliphatic rings. The molecule has 0 saturated carbocycles. The monoisotopic (exact) mass is 473 g/mol. The second-order valence-electron chi connectivity index (χ2n) is 10.1. The highest BCUT2D eigenvalue weighted by molar-refractivity contribution is 5.96.